The van der Waals surface area contributed by atoms with Crippen LogP contribution < -0.4 is 22.1 Å². The third kappa shape index (κ3) is 12.9. The maximum Gasteiger partial charge on any atom is 0.251 e. The number of hydrogen-bond acceptors (Lipinski definition) is 14. The number of nitrogens with zero attached hydrogens (tertiary/aromatic N) is 13. The minimum Gasteiger partial charge on any atom is -0.378 e. The SMILES string of the molecule is NC(N)=NCc1cn(CCOCCOCCN(CCNC(=O)c2ccc(-c3nnn(-c4ccccc4)n3)cc2)CCNC(=O)c2ccc(-c3nnn(-c4ccccc4)n3)cc2)nn1. The van der Waals surface area contributed by atoms with Crippen molar-refractivity contribution in [3.05, 3.63) is 132 Å². The second-order valence-electron chi connectivity index (χ2n) is 13.9. The van der Waals surface area contributed by atoms with Crippen molar-refractivity contribution in [3.63, 3.8) is 0 Å². The van der Waals surface area contributed by atoms with Gasteiger partial charge in [-0.2, -0.15) is 0 Å². The number of para-hydroxylation sites is 2. The smallest absolute Gasteiger partial charge is 0.251 e. The highest BCUT2D eigenvalue weighted by molar-refractivity contribution is 5.95. The van der Waals surface area contributed by atoms with Crippen LogP contribution in [0.4, 0.5) is 0 Å². The Morgan fingerprint density at radius 3 is 1.62 bits per heavy atom. The van der Waals surface area contributed by atoms with Crippen LogP contribution in [0.25, 0.3) is 34.2 Å². The van der Waals surface area contributed by atoms with Gasteiger partial charge in [0.1, 0.15) is 5.69 Å². The third-order valence-corrected chi connectivity index (χ3v) is 9.44. The van der Waals surface area contributed by atoms with Crippen LogP contribution in [0.5, 0.6) is 0 Å². The second-order valence-corrected chi connectivity index (χ2v) is 13.9. The molecule has 0 saturated heterocycles. The molecule has 7 rings (SSSR count). The van der Waals surface area contributed by atoms with E-state index in [-0.39, 0.29) is 24.3 Å². The molecule has 0 aliphatic carbocycles. The van der Waals surface area contributed by atoms with Gasteiger partial charge in [0.25, 0.3) is 11.8 Å². The van der Waals surface area contributed by atoms with E-state index in [9.17, 15) is 9.59 Å². The first kappa shape index (κ1) is 43.3. The molecule has 0 atom stereocenters. The molecule has 7 aromatic rings. The van der Waals surface area contributed by atoms with Crippen molar-refractivity contribution in [1.82, 2.24) is 70.9 Å². The van der Waals surface area contributed by atoms with Crippen LogP contribution in [0.15, 0.2) is 120 Å². The highest BCUT2D eigenvalue weighted by Gasteiger charge is 2.14. The summed E-state index contributed by atoms with van der Waals surface area (Å²) in [6, 6.07) is 33.1. The quantitative estimate of drug-likeness (QED) is 0.0404. The molecule has 21 heteroatoms. The fourth-order valence-electron chi connectivity index (χ4n) is 6.10. The zero-order valence-corrected chi connectivity index (χ0v) is 34.3. The lowest BCUT2D eigenvalue weighted by Gasteiger charge is -2.22. The zero-order chi connectivity index (χ0) is 43.6. The molecule has 0 aliphatic rings. The van der Waals surface area contributed by atoms with Gasteiger partial charge in [-0.15, -0.1) is 35.1 Å². The number of tetrazole rings is 2. The van der Waals surface area contributed by atoms with Gasteiger partial charge in [-0.1, -0.05) is 65.9 Å². The Morgan fingerprint density at radius 1 is 0.603 bits per heavy atom. The summed E-state index contributed by atoms with van der Waals surface area (Å²) in [5.74, 6) is 0.447. The first-order valence-corrected chi connectivity index (χ1v) is 20.2. The van der Waals surface area contributed by atoms with E-state index in [1.54, 1.807) is 59.4 Å². The predicted octanol–water partition coefficient (Wildman–Crippen LogP) is 1.53. The van der Waals surface area contributed by atoms with E-state index in [1.165, 1.54) is 9.59 Å². The molecule has 0 fully saturated rings. The van der Waals surface area contributed by atoms with Crippen LogP contribution in [0, 0.1) is 0 Å². The number of ether oxygens (including phenoxy) is 2. The number of aliphatic imine (C=N–C) groups is 1. The largest absolute Gasteiger partial charge is 0.378 e. The number of guanidine groups is 1. The number of carbonyl (C=O) groups is 2. The van der Waals surface area contributed by atoms with E-state index >= 15 is 0 Å². The molecule has 2 amide bonds. The number of nitrogens with two attached hydrogens (primary N) is 2. The van der Waals surface area contributed by atoms with Crippen molar-refractivity contribution in [2.45, 2.75) is 13.1 Å². The van der Waals surface area contributed by atoms with Gasteiger partial charge in [-0.05, 0) is 59.0 Å². The van der Waals surface area contributed by atoms with Crippen LogP contribution in [0.2, 0.25) is 0 Å². The van der Waals surface area contributed by atoms with Crippen LogP contribution >= 0.6 is 0 Å². The first-order valence-electron chi connectivity index (χ1n) is 20.2. The summed E-state index contributed by atoms with van der Waals surface area (Å²) >= 11 is 0. The summed E-state index contributed by atoms with van der Waals surface area (Å²) in [4.78, 5) is 35.2. The van der Waals surface area contributed by atoms with Crippen molar-refractivity contribution in [1.29, 1.82) is 0 Å². The molecule has 6 N–H and O–H groups in total. The molecular formula is C42H47N17O4. The van der Waals surface area contributed by atoms with E-state index in [4.69, 9.17) is 20.9 Å². The monoisotopic (exact) mass is 853 g/mol. The van der Waals surface area contributed by atoms with Crippen molar-refractivity contribution in [3.8, 4) is 34.2 Å². The lowest BCUT2D eigenvalue weighted by atomic mass is 10.1. The van der Waals surface area contributed by atoms with Gasteiger partial charge in [0.15, 0.2) is 5.96 Å². The fourth-order valence-corrected chi connectivity index (χ4v) is 6.10. The van der Waals surface area contributed by atoms with Gasteiger partial charge in [0, 0.05) is 55.0 Å². The Bertz CT molecular complexity index is 2380. The molecule has 0 radical (unpaired) electrons. The van der Waals surface area contributed by atoms with Gasteiger partial charge in [0.2, 0.25) is 11.6 Å². The van der Waals surface area contributed by atoms with E-state index in [1.807, 2.05) is 60.7 Å². The average Bonchev–Trinajstić information content (AvgIpc) is 4.12. The first-order chi connectivity index (χ1) is 30.9. The Labute approximate surface area is 362 Å². The molecule has 3 heterocycles. The molecule has 3 aromatic heterocycles. The lowest BCUT2D eigenvalue weighted by Crippen LogP contribution is -2.41. The Kier molecular flexibility index (Phi) is 15.3. The number of amides is 2. The highest BCUT2D eigenvalue weighted by atomic mass is 16.5. The van der Waals surface area contributed by atoms with Crippen molar-refractivity contribution in [2.24, 2.45) is 16.5 Å². The number of benzene rings is 4. The van der Waals surface area contributed by atoms with Crippen molar-refractivity contribution in [2.75, 3.05) is 59.2 Å². The molecule has 0 saturated carbocycles. The van der Waals surface area contributed by atoms with E-state index in [0.29, 0.717) is 94.2 Å². The van der Waals surface area contributed by atoms with Gasteiger partial charge < -0.3 is 31.6 Å². The van der Waals surface area contributed by atoms with Crippen molar-refractivity contribution >= 4 is 17.8 Å². The van der Waals surface area contributed by atoms with Gasteiger partial charge in [-0.25, -0.2) is 9.67 Å². The normalized spacial score (nSPS) is 11.1. The highest BCUT2D eigenvalue weighted by Crippen LogP contribution is 2.17. The fraction of sp³-hybridized carbons (Fsp3) is 0.262. The molecule has 0 bridgehead atoms. The third-order valence-electron chi connectivity index (χ3n) is 9.44. The summed E-state index contributed by atoms with van der Waals surface area (Å²) in [5, 5.41) is 39.6. The lowest BCUT2D eigenvalue weighted by molar-refractivity contribution is 0.0355. The molecule has 0 unspecified atom stereocenters. The topological polar surface area (TPSA) is 262 Å². The van der Waals surface area contributed by atoms with Crippen molar-refractivity contribution < 1.29 is 19.1 Å². The Morgan fingerprint density at radius 2 is 1.11 bits per heavy atom. The molecule has 0 spiro atoms. The molecule has 4 aromatic carbocycles. The number of rotatable bonds is 23. The molecular weight excluding hydrogens is 807 g/mol. The standard InChI is InChI=1S/C42H47N17O4/c43-42(44)47-29-35-30-57(53-48-35)24-26-63-28-27-62-25-23-56(21-19-45-40(60)33-15-11-31(12-16-33)38-49-54-58(51-38)36-7-3-1-4-8-36)22-20-46-41(61)34-17-13-32(14-18-34)39-50-55-59(52-39)37-9-5-2-6-10-37/h1-18,30H,19-29H2,(H,45,60)(H,46,61)(H4,43,44,47). The Hall–Kier alpha value is -7.75. The molecule has 324 valence electrons. The number of nitrogens with one attached hydrogen (secondary N) is 2. The van der Waals surface area contributed by atoms with Crippen LogP contribution in [-0.2, 0) is 22.6 Å². The molecule has 63 heavy (non-hydrogen) atoms. The van der Waals surface area contributed by atoms with E-state index < -0.39 is 0 Å². The van der Waals surface area contributed by atoms with Gasteiger partial charge in [0.05, 0.1) is 57.1 Å². The van der Waals surface area contributed by atoms with E-state index in [0.717, 1.165) is 22.5 Å². The average molecular weight is 854 g/mol. The zero-order valence-electron chi connectivity index (χ0n) is 34.3. The minimum absolute atomic E-state index is 0.00636. The number of carbonyl (C=O) groups excluding carboxylic acids is 2. The van der Waals surface area contributed by atoms with E-state index in [2.05, 4.69) is 61.7 Å². The van der Waals surface area contributed by atoms with Crippen LogP contribution in [-0.4, -0.2) is 137 Å². The maximum atomic E-state index is 13.1. The van der Waals surface area contributed by atoms with Crippen LogP contribution in [0.1, 0.15) is 26.4 Å². The summed E-state index contributed by atoms with van der Waals surface area (Å²) < 4.78 is 13.2. The predicted molar refractivity (Wildman–Crippen MR) is 231 cm³/mol. The second kappa shape index (κ2) is 22.2. The molecule has 21 nitrogen and oxygen atoms in total. The maximum absolute atomic E-state index is 13.1. The summed E-state index contributed by atoms with van der Waals surface area (Å²) in [7, 11) is 0. The number of hydrogen-bond donors (Lipinski definition) is 4. The van der Waals surface area contributed by atoms with Gasteiger partial charge >= 0.3 is 0 Å². The van der Waals surface area contributed by atoms with Crippen LogP contribution in [0.3, 0.4) is 0 Å². The summed E-state index contributed by atoms with van der Waals surface area (Å²) in [5.41, 5.74) is 15.4. The van der Waals surface area contributed by atoms with Gasteiger partial charge in [-0.3, -0.25) is 14.5 Å². The Balaban J connectivity index is 0.867. The minimum atomic E-state index is -0.221. The summed E-state index contributed by atoms with van der Waals surface area (Å²) in [6.45, 7) is 4.70. The number of aromatic nitrogens is 11. The summed E-state index contributed by atoms with van der Waals surface area (Å²) in [6.07, 6.45) is 1.76. The molecule has 0 aliphatic heterocycles.